The summed E-state index contributed by atoms with van der Waals surface area (Å²) in [5.41, 5.74) is 0. The van der Waals surface area contributed by atoms with E-state index < -0.39 is 0 Å². The molecule has 0 N–H and O–H groups in total. The normalized spacial score (nSPS) is 12.5. The largest absolute Gasteiger partial charge is 0.300 e. The molecule has 2 nitrogen and oxygen atoms in total. The average molecular weight is 248 g/mol. The molecule has 0 aliphatic rings. The van der Waals surface area contributed by atoms with Crippen LogP contribution in [0.3, 0.4) is 0 Å². The third-order valence-electron chi connectivity index (χ3n) is 1.99. The van der Waals surface area contributed by atoms with Gasteiger partial charge in [-0.2, -0.15) is 0 Å². The minimum atomic E-state index is 0.247. The molecule has 88 valence electrons. The topological polar surface area (TPSA) is 34.1 Å². The number of hydrogen-bond donors (Lipinski definition) is 0. The highest BCUT2D eigenvalue weighted by Crippen LogP contribution is 2.29. The van der Waals surface area contributed by atoms with Crippen molar-refractivity contribution >= 4 is 33.2 Å². The summed E-state index contributed by atoms with van der Waals surface area (Å²) in [6.07, 6.45) is 2.94. The molecule has 0 heterocycles. The fourth-order valence-electron chi connectivity index (χ4n) is 0.939. The van der Waals surface area contributed by atoms with E-state index in [4.69, 9.17) is 0 Å². The molecule has 0 aromatic carbocycles. The summed E-state index contributed by atoms with van der Waals surface area (Å²) in [6.45, 7) is 5.66. The average Bonchev–Trinajstić information content (AvgIpc) is 2.20. The first-order valence-electron chi connectivity index (χ1n) is 5.35. The third-order valence-corrected chi connectivity index (χ3v) is 4.96. The van der Waals surface area contributed by atoms with Crippen molar-refractivity contribution in [2.75, 3.05) is 5.75 Å². The maximum atomic E-state index is 11.1. The highest BCUT2D eigenvalue weighted by Gasteiger charge is 2.06. The van der Waals surface area contributed by atoms with Gasteiger partial charge in [-0.05, 0) is 13.3 Å². The minimum absolute atomic E-state index is 0.247. The van der Waals surface area contributed by atoms with Crippen molar-refractivity contribution in [2.45, 2.75) is 51.7 Å². The van der Waals surface area contributed by atoms with E-state index >= 15 is 0 Å². The van der Waals surface area contributed by atoms with Crippen molar-refractivity contribution in [3.63, 3.8) is 0 Å². The lowest BCUT2D eigenvalue weighted by molar-refractivity contribution is -0.119. The molecule has 0 aliphatic carbocycles. The van der Waals surface area contributed by atoms with Gasteiger partial charge in [-0.1, -0.05) is 35.4 Å². The number of rotatable bonds is 9. The van der Waals surface area contributed by atoms with Crippen molar-refractivity contribution in [3.8, 4) is 0 Å². The van der Waals surface area contributed by atoms with Crippen LogP contribution in [0.4, 0.5) is 0 Å². The smallest absolute Gasteiger partial charge is 0.132 e. The molecule has 0 amide bonds. The van der Waals surface area contributed by atoms with Crippen molar-refractivity contribution in [1.29, 1.82) is 0 Å². The molecule has 0 rings (SSSR count). The summed E-state index contributed by atoms with van der Waals surface area (Å²) in [6, 6.07) is 0. The Labute approximate surface area is 100 Å². The van der Waals surface area contributed by atoms with Gasteiger partial charge in [-0.3, -0.25) is 9.59 Å². The van der Waals surface area contributed by atoms with Gasteiger partial charge >= 0.3 is 0 Å². The van der Waals surface area contributed by atoms with E-state index in [1.165, 1.54) is 0 Å². The second kappa shape index (κ2) is 9.28. The Bertz CT molecular complexity index is 205. The molecule has 1 atom stereocenters. The fourth-order valence-corrected chi connectivity index (χ4v) is 3.38. The van der Waals surface area contributed by atoms with Crippen LogP contribution in [0, 0.1) is 0 Å². The summed E-state index contributed by atoms with van der Waals surface area (Å²) < 4.78 is 0. The fraction of sp³-hybridized carbons (Fsp3) is 0.818. The van der Waals surface area contributed by atoms with Crippen molar-refractivity contribution < 1.29 is 9.59 Å². The minimum Gasteiger partial charge on any atom is -0.300 e. The van der Waals surface area contributed by atoms with Crippen LogP contribution < -0.4 is 0 Å². The molecule has 0 saturated heterocycles. The summed E-state index contributed by atoms with van der Waals surface area (Å²) in [5, 5.41) is 0.498. The first-order valence-corrected chi connectivity index (χ1v) is 7.73. The lowest BCUT2D eigenvalue weighted by Crippen LogP contribution is -2.01. The predicted molar refractivity (Wildman–Crippen MR) is 69.3 cm³/mol. The number of Topliss-reactive ketones (excluding diaryl/α,β-unsaturated/α-hetero) is 2. The highest BCUT2D eigenvalue weighted by atomic mass is 33.1. The lowest BCUT2D eigenvalue weighted by Gasteiger charge is -2.08. The van der Waals surface area contributed by atoms with Crippen LogP contribution in [0.5, 0.6) is 0 Å². The summed E-state index contributed by atoms with van der Waals surface area (Å²) in [7, 11) is 3.52. The van der Waals surface area contributed by atoms with Gasteiger partial charge in [0.15, 0.2) is 0 Å². The zero-order chi connectivity index (χ0) is 11.7. The van der Waals surface area contributed by atoms with Gasteiger partial charge in [-0.15, -0.1) is 0 Å². The van der Waals surface area contributed by atoms with E-state index in [-0.39, 0.29) is 5.78 Å². The highest BCUT2D eigenvalue weighted by molar-refractivity contribution is 8.76. The Kier molecular flexibility index (Phi) is 9.30. The van der Waals surface area contributed by atoms with Crippen LogP contribution in [0.25, 0.3) is 0 Å². The molecule has 0 aliphatic heterocycles. The molecule has 1 unspecified atom stereocenters. The molecule has 0 spiro atoms. The number of carbonyl (C=O) groups is 2. The van der Waals surface area contributed by atoms with E-state index in [1.54, 1.807) is 28.5 Å². The molecular formula is C11H20O2S2. The van der Waals surface area contributed by atoms with Crippen LogP contribution in [0.2, 0.25) is 0 Å². The van der Waals surface area contributed by atoms with Gasteiger partial charge in [0.2, 0.25) is 0 Å². The SMILES string of the molecule is CCC(=O)CCC(C)SSCCC(C)=O. The van der Waals surface area contributed by atoms with E-state index in [0.717, 1.165) is 12.2 Å². The molecule has 0 aromatic heterocycles. The zero-order valence-corrected chi connectivity index (χ0v) is 11.4. The first kappa shape index (κ1) is 15.0. The number of ketones is 2. The molecule has 0 aromatic rings. The van der Waals surface area contributed by atoms with Crippen molar-refractivity contribution in [3.05, 3.63) is 0 Å². The molecular weight excluding hydrogens is 228 g/mol. The van der Waals surface area contributed by atoms with Crippen LogP contribution in [-0.2, 0) is 9.59 Å². The second-order valence-electron chi connectivity index (χ2n) is 3.61. The Morgan fingerprint density at radius 2 is 1.93 bits per heavy atom. The Morgan fingerprint density at radius 1 is 1.27 bits per heavy atom. The van der Waals surface area contributed by atoms with Crippen LogP contribution in [-0.4, -0.2) is 22.6 Å². The van der Waals surface area contributed by atoms with Crippen LogP contribution in [0.15, 0.2) is 0 Å². The maximum absolute atomic E-state index is 11.1. The standard InChI is InChI=1S/C11H20O2S2/c1-4-11(13)6-5-10(3)15-14-8-7-9(2)12/h10H,4-8H2,1-3H3. The summed E-state index contributed by atoms with van der Waals surface area (Å²) >= 11 is 0. The van der Waals surface area contributed by atoms with Gasteiger partial charge in [0.25, 0.3) is 0 Å². The maximum Gasteiger partial charge on any atom is 0.132 e. The van der Waals surface area contributed by atoms with E-state index in [2.05, 4.69) is 6.92 Å². The predicted octanol–water partition coefficient (Wildman–Crippen LogP) is 3.49. The summed E-state index contributed by atoms with van der Waals surface area (Å²) in [4.78, 5) is 21.7. The molecule has 0 bridgehead atoms. The Hall–Kier alpha value is 0.0400. The van der Waals surface area contributed by atoms with E-state index in [0.29, 0.717) is 30.3 Å². The van der Waals surface area contributed by atoms with Gasteiger partial charge in [0, 0.05) is 30.3 Å². The number of carbonyl (C=O) groups excluding carboxylic acids is 2. The molecule has 0 fully saturated rings. The van der Waals surface area contributed by atoms with Gasteiger partial charge in [-0.25, -0.2) is 0 Å². The van der Waals surface area contributed by atoms with E-state index in [9.17, 15) is 9.59 Å². The summed E-state index contributed by atoms with van der Waals surface area (Å²) in [5.74, 6) is 1.47. The Balaban J connectivity index is 3.37. The van der Waals surface area contributed by atoms with Gasteiger partial charge < -0.3 is 0 Å². The first-order chi connectivity index (χ1) is 7.06. The Morgan fingerprint density at radius 3 is 2.47 bits per heavy atom. The third kappa shape index (κ3) is 10.3. The van der Waals surface area contributed by atoms with Gasteiger partial charge in [0.1, 0.15) is 11.6 Å². The molecule has 0 radical (unpaired) electrons. The molecule has 4 heteroatoms. The van der Waals surface area contributed by atoms with Crippen LogP contribution in [0.1, 0.15) is 46.5 Å². The monoisotopic (exact) mass is 248 g/mol. The second-order valence-corrected chi connectivity index (χ2v) is 6.54. The van der Waals surface area contributed by atoms with Crippen molar-refractivity contribution in [1.82, 2.24) is 0 Å². The zero-order valence-electron chi connectivity index (χ0n) is 9.75. The number of hydrogen-bond acceptors (Lipinski definition) is 4. The molecule has 15 heavy (non-hydrogen) atoms. The lowest BCUT2D eigenvalue weighted by atomic mass is 10.1. The molecule has 0 saturated carbocycles. The van der Waals surface area contributed by atoms with Crippen LogP contribution >= 0.6 is 21.6 Å². The van der Waals surface area contributed by atoms with E-state index in [1.807, 2.05) is 6.92 Å². The quantitative estimate of drug-likeness (QED) is 0.462. The van der Waals surface area contributed by atoms with Gasteiger partial charge in [0.05, 0.1) is 0 Å². The van der Waals surface area contributed by atoms with Crippen molar-refractivity contribution in [2.24, 2.45) is 0 Å².